The maximum absolute atomic E-state index is 11.5. The highest BCUT2D eigenvalue weighted by Crippen LogP contribution is 2.11. The third kappa shape index (κ3) is 6.20. The van der Waals surface area contributed by atoms with Gasteiger partial charge in [-0.25, -0.2) is 4.79 Å². The van der Waals surface area contributed by atoms with Crippen molar-refractivity contribution in [2.45, 2.75) is 6.42 Å². The minimum atomic E-state index is -0.284. The zero-order valence-corrected chi connectivity index (χ0v) is 17.1. The van der Waals surface area contributed by atoms with Gasteiger partial charge in [0.1, 0.15) is 0 Å². The van der Waals surface area contributed by atoms with Gasteiger partial charge >= 0.3 is 5.97 Å². The summed E-state index contributed by atoms with van der Waals surface area (Å²) in [5, 5.41) is 0.771. The van der Waals surface area contributed by atoms with E-state index in [4.69, 9.17) is 16.3 Å². The minimum Gasteiger partial charge on any atom is -0.465 e. The summed E-state index contributed by atoms with van der Waals surface area (Å²) in [6.45, 7) is 6.39. The molecule has 0 aliphatic carbocycles. The van der Waals surface area contributed by atoms with Gasteiger partial charge in [0.2, 0.25) is 0 Å². The molecule has 0 radical (unpaired) electrons. The molecule has 2 aromatic carbocycles. The van der Waals surface area contributed by atoms with Crippen LogP contribution in [-0.4, -0.2) is 62.1 Å². The molecule has 5 heteroatoms. The number of hydrogen-bond acceptors (Lipinski definition) is 4. The van der Waals surface area contributed by atoms with Gasteiger partial charge in [0.15, 0.2) is 0 Å². The van der Waals surface area contributed by atoms with E-state index in [0.29, 0.717) is 5.56 Å². The van der Waals surface area contributed by atoms with Crippen molar-refractivity contribution in [3.63, 3.8) is 0 Å². The van der Waals surface area contributed by atoms with Crippen LogP contribution in [0, 0.1) is 0 Å². The van der Waals surface area contributed by atoms with Crippen LogP contribution < -0.4 is 0 Å². The molecule has 1 fully saturated rings. The Hall–Kier alpha value is -2.14. The van der Waals surface area contributed by atoms with Gasteiger partial charge in [-0.05, 0) is 41.8 Å². The Bertz CT molecular complexity index is 779. The third-order valence-corrected chi connectivity index (χ3v) is 5.35. The maximum atomic E-state index is 11.5. The van der Waals surface area contributed by atoms with E-state index in [0.717, 1.165) is 50.7 Å². The van der Waals surface area contributed by atoms with Crippen LogP contribution in [0.3, 0.4) is 0 Å². The second kappa shape index (κ2) is 10.4. The van der Waals surface area contributed by atoms with E-state index in [2.05, 4.69) is 22.0 Å². The Labute approximate surface area is 172 Å². The number of carbonyl (C=O) groups is 1. The first kappa shape index (κ1) is 20.6. The molecule has 1 heterocycles. The summed E-state index contributed by atoms with van der Waals surface area (Å²) < 4.78 is 4.74. The Balaban J connectivity index is 1.37. The maximum Gasteiger partial charge on any atom is 0.337 e. The molecule has 0 N–H and O–H groups in total. The number of benzene rings is 2. The molecule has 0 aromatic heterocycles. The Morgan fingerprint density at radius 1 is 1.00 bits per heavy atom. The van der Waals surface area contributed by atoms with Gasteiger partial charge in [-0.2, -0.15) is 0 Å². The smallest absolute Gasteiger partial charge is 0.337 e. The lowest BCUT2D eigenvalue weighted by Gasteiger charge is -2.34. The van der Waals surface area contributed by atoms with Gasteiger partial charge in [-0.1, -0.05) is 48.0 Å². The fourth-order valence-corrected chi connectivity index (χ4v) is 3.45. The Morgan fingerprint density at radius 2 is 1.64 bits per heavy atom. The zero-order valence-electron chi connectivity index (χ0n) is 16.3. The first-order chi connectivity index (χ1) is 13.6. The summed E-state index contributed by atoms with van der Waals surface area (Å²) >= 11 is 5.92. The number of piperazine rings is 1. The van der Waals surface area contributed by atoms with Crippen LogP contribution in [0.25, 0.3) is 6.08 Å². The summed E-state index contributed by atoms with van der Waals surface area (Å²) in [5.74, 6) is -0.284. The third-order valence-electron chi connectivity index (χ3n) is 5.10. The molecule has 0 saturated carbocycles. The van der Waals surface area contributed by atoms with Crippen molar-refractivity contribution in [2.75, 3.05) is 46.4 Å². The summed E-state index contributed by atoms with van der Waals surface area (Å²) in [5.41, 5.74) is 3.04. The van der Waals surface area contributed by atoms with E-state index < -0.39 is 0 Å². The minimum absolute atomic E-state index is 0.284. The molecule has 2 aromatic rings. The van der Waals surface area contributed by atoms with Crippen molar-refractivity contribution in [3.05, 3.63) is 76.3 Å². The Kier molecular flexibility index (Phi) is 7.66. The molecule has 1 aliphatic rings. The van der Waals surface area contributed by atoms with E-state index >= 15 is 0 Å². The molecular weight excluding hydrogens is 372 g/mol. The highest BCUT2D eigenvalue weighted by atomic mass is 35.5. The number of nitrogens with zero attached hydrogens (tertiary/aromatic N) is 2. The molecule has 1 aliphatic heterocycles. The van der Waals surface area contributed by atoms with Gasteiger partial charge in [0, 0.05) is 44.3 Å². The second-order valence-corrected chi connectivity index (χ2v) is 7.47. The number of rotatable bonds is 7. The molecule has 3 rings (SSSR count). The quantitative estimate of drug-likeness (QED) is 0.660. The summed E-state index contributed by atoms with van der Waals surface area (Å²) in [4.78, 5) is 16.5. The average Bonchev–Trinajstić information content (AvgIpc) is 2.74. The van der Waals surface area contributed by atoms with Crippen molar-refractivity contribution in [1.29, 1.82) is 0 Å². The topological polar surface area (TPSA) is 32.8 Å². The summed E-state index contributed by atoms with van der Waals surface area (Å²) in [7, 11) is 1.41. The van der Waals surface area contributed by atoms with E-state index in [1.54, 1.807) is 0 Å². The molecule has 28 heavy (non-hydrogen) atoms. The lowest BCUT2D eigenvalue weighted by Crippen LogP contribution is -2.46. The molecule has 0 bridgehead atoms. The van der Waals surface area contributed by atoms with Crippen molar-refractivity contribution in [3.8, 4) is 0 Å². The number of hydrogen-bond donors (Lipinski definition) is 0. The molecule has 4 nitrogen and oxygen atoms in total. The van der Waals surface area contributed by atoms with Crippen LogP contribution in [-0.2, 0) is 11.2 Å². The molecule has 148 valence electrons. The average molecular weight is 399 g/mol. The van der Waals surface area contributed by atoms with Crippen molar-refractivity contribution in [1.82, 2.24) is 9.80 Å². The second-order valence-electron chi connectivity index (χ2n) is 7.03. The molecule has 0 spiro atoms. The SMILES string of the molecule is COC(=O)c1ccc(CCN2CCN(C/C=C/c3ccc(Cl)cc3)CC2)cc1. The van der Waals surface area contributed by atoms with Crippen molar-refractivity contribution < 1.29 is 9.53 Å². The fraction of sp³-hybridized carbons (Fsp3) is 0.348. The number of ether oxygens (including phenoxy) is 1. The van der Waals surface area contributed by atoms with E-state index in [-0.39, 0.29) is 5.97 Å². The van der Waals surface area contributed by atoms with Crippen LogP contribution in [0.1, 0.15) is 21.5 Å². The van der Waals surface area contributed by atoms with Crippen LogP contribution in [0.4, 0.5) is 0 Å². The standard InChI is InChI=1S/C23H27ClN2O2/c1-28-23(27)21-8-4-20(5-9-21)12-14-26-17-15-25(16-18-26)13-2-3-19-6-10-22(24)11-7-19/h2-11H,12-18H2,1H3/b3-2+. The van der Waals surface area contributed by atoms with E-state index in [9.17, 15) is 4.79 Å². The largest absolute Gasteiger partial charge is 0.465 e. The van der Waals surface area contributed by atoms with Crippen LogP contribution in [0.15, 0.2) is 54.6 Å². The molecule has 0 unspecified atom stereocenters. The van der Waals surface area contributed by atoms with Crippen LogP contribution in [0.2, 0.25) is 5.02 Å². The highest BCUT2D eigenvalue weighted by Gasteiger charge is 2.15. The fourth-order valence-electron chi connectivity index (χ4n) is 3.32. The van der Waals surface area contributed by atoms with Gasteiger partial charge in [-0.15, -0.1) is 0 Å². The highest BCUT2D eigenvalue weighted by molar-refractivity contribution is 6.30. The van der Waals surface area contributed by atoms with Gasteiger partial charge in [-0.3, -0.25) is 4.90 Å². The lowest BCUT2D eigenvalue weighted by molar-refractivity contribution is 0.0600. The Morgan fingerprint density at radius 3 is 2.29 bits per heavy atom. The van der Waals surface area contributed by atoms with Crippen molar-refractivity contribution in [2.24, 2.45) is 0 Å². The first-order valence-corrected chi connectivity index (χ1v) is 10.1. The first-order valence-electron chi connectivity index (χ1n) is 9.68. The number of carbonyl (C=O) groups excluding carboxylic acids is 1. The number of halogens is 1. The van der Waals surface area contributed by atoms with Gasteiger partial charge in [0.25, 0.3) is 0 Å². The van der Waals surface area contributed by atoms with Crippen molar-refractivity contribution >= 4 is 23.6 Å². The van der Waals surface area contributed by atoms with Gasteiger partial charge < -0.3 is 9.64 Å². The molecule has 1 saturated heterocycles. The predicted octanol–water partition coefficient (Wildman–Crippen LogP) is 4.00. The van der Waals surface area contributed by atoms with Crippen LogP contribution in [0.5, 0.6) is 0 Å². The summed E-state index contributed by atoms with van der Waals surface area (Å²) in [6.07, 6.45) is 5.38. The lowest BCUT2D eigenvalue weighted by atomic mass is 10.1. The molecule has 0 amide bonds. The normalized spacial score (nSPS) is 15.8. The molecular formula is C23H27ClN2O2. The zero-order chi connectivity index (χ0) is 19.8. The van der Waals surface area contributed by atoms with Gasteiger partial charge in [0.05, 0.1) is 12.7 Å². The van der Waals surface area contributed by atoms with E-state index in [1.807, 2.05) is 48.5 Å². The monoisotopic (exact) mass is 398 g/mol. The van der Waals surface area contributed by atoms with E-state index in [1.165, 1.54) is 18.2 Å². The number of methoxy groups -OCH3 is 1. The molecule has 0 atom stereocenters. The number of esters is 1. The summed E-state index contributed by atoms with van der Waals surface area (Å²) in [6, 6.07) is 15.6. The van der Waals surface area contributed by atoms with Crippen LogP contribution >= 0.6 is 11.6 Å². The predicted molar refractivity (Wildman–Crippen MR) is 115 cm³/mol.